The van der Waals surface area contributed by atoms with Crippen molar-refractivity contribution in [1.29, 1.82) is 0 Å². The van der Waals surface area contributed by atoms with Crippen LogP contribution in [-0.2, 0) is 20.9 Å². The first kappa shape index (κ1) is 20.5. The molecule has 3 aromatic rings. The quantitative estimate of drug-likeness (QED) is 0.221. The van der Waals surface area contributed by atoms with Gasteiger partial charge in [-0.2, -0.15) is 0 Å². The Bertz CT molecular complexity index is 960. The molecule has 0 unspecified atom stereocenters. The van der Waals surface area contributed by atoms with E-state index >= 15 is 0 Å². The van der Waals surface area contributed by atoms with Crippen LogP contribution in [0.3, 0.4) is 0 Å². The van der Waals surface area contributed by atoms with E-state index in [1.807, 2.05) is 43.3 Å². The van der Waals surface area contributed by atoms with Crippen molar-refractivity contribution < 1.29 is 19.1 Å². The van der Waals surface area contributed by atoms with Crippen LogP contribution < -0.4 is 4.74 Å². The van der Waals surface area contributed by atoms with E-state index < -0.39 is 0 Å². The molecule has 3 rings (SSSR count). The molecule has 0 aliphatic carbocycles. The van der Waals surface area contributed by atoms with Crippen molar-refractivity contribution in [2.75, 3.05) is 19.8 Å². The molecule has 0 atom stereocenters. The van der Waals surface area contributed by atoms with Gasteiger partial charge in [-0.25, -0.2) is 4.79 Å². The highest BCUT2D eigenvalue weighted by atomic mass is 16.6. The normalized spacial score (nSPS) is 11.4. The Labute approximate surface area is 170 Å². The lowest BCUT2D eigenvalue weighted by molar-refractivity contribution is -0.145. The molecule has 6 heteroatoms. The van der Waals surface area contributed by atoms with Crippen LogP contribution >= 0.6 is 0 Å². The van der Waals surface area contributed by atoms with Crippen LogP contribution in [0.5, 0.6) is 5.75 Å². The van der Waals surface area contributed by atoms with Gasteiger partial charge in [0.05, 0.1) is 18.9 Å². The Morgan fingerprint density at radius 1 is 1.03 bits per heavy atom. The van der Waals surface area contributed by atoms with Crippen molar-refractivity contribution >= 4 is 22.6 Å². The van der Waals surface area contributed by atoms with E-state index in [1.165, 1.54) is 10.9 Å². The van der Waals surface area contributed by atoms with Crippen molar-refractivity contribution in [2.24, 2.45) is 5.16 Å². The number of nitrogens with zero attached hydrogens (tertiary/aromatic N) is 2. The van der Waals surface area contributed by atoms with E-state index in [0.717, 1.165) is 24.2 Å². The van der Waals surface area contributed by atoms with E-state index in [4.69, 9.17) is 14.3 Å². The Morgan fingerprint density at radius 2 is 1.83 bits per heavy atom. The number of benzene rings is 2. The van der Waals surface area contributed by atoms with Gasteiger partial charge in [-0.1, -0.05) is 30.3 Å². The number of carbonyl (C=O) groups excluding carboxylic acids is 1. The number of aromatic nitrogens is 1. The lowest BCUT2D eigenvalue weighted by Gasteiger charge is -2.09. The first-order valence-corrected chi connectivity index (χ1v) is 9.82. The van der Waals surface area contributed by atoms with Gasteiger partial charge in [0.25, 0.3) is 0 Å². The average molecular weight is 394 g/mol. The molecule has 1 aromatic heterocycles. The predicted molar refractivity (Wildman–Crippen MR) is 113 cm³/mol. The van der Waals surface area contributed by atoms with Gasteiger partial charge in [-0.3, -0.25) is 0 Å². The highest BCUT2D eigenvalue weighted by molar-refractivity contribution is 6.00. The average Bonchev–Trinajstić information content (AvgIpc) is 3.16. The fraction of sp³-hybridized carbons (Fsp3) is 0.304. The summed E-state index contributed by atoms with van der Waals surface area (Å²) in [6.07, 6.45) is 2.81. The summed E-state index contributed by atoms with van der Waals surface area (Å²) in [4.78, 5) is 16.9. The molecule has 0 aliphatic heterocycles. The zero-order valence-corrected chi connectivity index (χ0v) is 16.8. The number of carbonyl (C=O) groups is 1. The standard InChI is InChI=1S/C23H26N2O4/c1-3-21(18-9-11-20(12-10-18)28-17-23(26)27-4-2)24-29-16-15-25-14-13-19-7-5-6-8-22(19)25/h5-14H,3-4,15-17H2,1-2H3/b24-21+. The molecule has 2 aromatic carbocycles. The first-order chi connectivity index (χ1) is 14.2. The van der Waals surface area contributed by atoms with Crippen LogP contribution in [0.25, 0.3) is 10.9 Å². The third-order valence-electron chi connectivity index (χ3n) is 4.46. The zero-order chi connectivity index (χ0) is 20.5. The van der Waals surface area contributed by atoms with Gasteiger partial charge >= 0.3 is 5.97 Å². The molecule has 0 bridgehead atoms. The van der Waals surface area contributed by atoms with Crippen LogP contribution in [0.2, 0.25) is 0 Å². The molecule has 0 saturated carbocycles. The first-order valence-electron chi connectivity index (χ1n) is 9.82. The molecule has 0 amide bonds. The topological polar surface area (TPSA) is 62.1 Å². The Balaban J connectivity index is 1.53. The largest absolute Gasteiger partial charge is 0.482 e. The van der Waals surface area contributed by atoms with E-state index in [-0.39, 0.29) is 12.6 Å². The summed E-state index contributed by atoms with van der Waals surface area (Å²) in [6, 6.07) is 17.8. The second-order valence-corrected chi connectivity index (χ2v) is 6.41. The molecule has 29 heavy (non-hydrogen) atoms. The Hall–Kier alpha value is -3.28. The lowest BCUT2D eigenvalue weighted by Crippen LogP contribution is -2.14. The van der Waals surface area contributed by atoms with Crippen LogP contribution in [0.15, 0.2) is 65.9 Å². The molecule has 0 saturated heterocycles. The van der Waals surface area contributed by atoms with Gasteiger partial charge < -0.3 is 18.9 Å². The van der Waals surface area contributed by atoms with Crippen molar-refractivity contribution in [3.63, 3.8) is 0 Å². The van der Waals surface area contributed by atoms with Crippen molar-refractivity contribution in [1.82, 2.24) is 4.57 Å². The van der Waals surface area contributed by atoms with E-state index in [0.29, 0.717) is 19.0 Å². The Morgan fingerprint density at radius 3 is 2.59 bits per heavy atom. The van der Waals surface area contributed by atoms with Gasteiger partial charge in [0, 0.05) is 11.7 Å². The second-order valence-electron chi connectivity index (χ2n) is 6.41. The number of para-hydroxylation sites is 1. The molecule has 0 aliphatic rings. The number of esters is 1. The summed E-state index contributed by atoms with van der Waals surface area (Å²) in [5.41, 5.74) is 3.01. The molecule has 0 radical (unpaired) electrons. The minimum atomic E-state index is -0.378. The van der Waals surface area contributed by atoms with Crippen molar-refractivity contribution in [3.8, 4) is 5.75 Å². The molecule has 1 heterocycles. The molecule has 6 nitrogen and oxygen atoms in total. The highest BCUT2D eigenvalue weighted by Gasteiger charge is 2.06. The van der Waals surface area contributed by atoms with Crippen LogP contribution in [-0.4, -0.2) is 36.1 Å². The van der Waals surface area contributed by atoms with Gasteiger partial charge in [0.1, 0.15) is 12.4 Å². The number of rotatable bonds is 10. The molecule has 0 spiro atoms. The van der Waals surface area contributed by atoms with Crippen LogP contribution in [0.1, 0.15) is 25.8 Å². The molecule has 0 N–H and O–H groups in total. The summed E-state index contributed by atoms with van der Waals surface area (Å²) in [7, 11) is 0. The highest BCUT2D eigenvalue weighted by Crippen LogP contribution is 2.16. The van der Waals surface area contributed by atoms with Gasteiger partial charge in [-0.15, -0.1) is 0 Å². The van der Waals surface area contributed by atoms with Crippen LogP contribution in [0, 0.1) is 0 Å². The fourth-order valence-corrected chi connectivity index (χ4v) is 3.01. The summed E-state index contributed by atoms with van der Waals surface area (Å²) in [5, 5.41) is 5.53. The third kappa shape index (κ3) is 5.60. The maximum Gasteiger partial charge on any atom is 0.344 e. The van der Waals surface area contributed by atoms with Gasteiger partial charge in [0.2, 0.25) is 0 Å². The van der Waals surface area contributed by atoms with Crippen molar-refractivity contribution in [2.45, 2.75) is 26.8 Å². The fourth-order valence-electron chi connectivity index (χ4n) is 3.01. The maximum absolute atomic E-state index is 11.4. The van der Waals surface area contributed by atoms with E-state index in [9.17, 15) is 4.79 Å². The van der Waals surface area contributed by atoms with Gasteiger partial charge in [-0.05, 0) is 60.7 Å². The SMILES string of the molecule is CCOC(=O)COc1ccc(/C(CC)=N/OCCn2ccc3ccccc32)cc1. The second kappa shape index (κ2) is 10.3. The zero-order valence-electron chi connectivity index (χ0n) is 16.8. The smallest absolute Gasteiger partial charge is 0.344 e. The summed E-state index contributed by atoms with van der Waals surface area (Å²) < 4.78 is 12.4. The van der Waals surface area contributed by atoms with E-state index in [2.05, 4.69) is 34.1 Å². The minimum absolute atomic E-state index is 0.0981. The monoisotopic (exact) mass is 394 g/mol. The lowest BCUT2D eigenvalue weighted by atomic mass is 10.1. The maximum atomic E-state index is 11.4. The molecular weight excluding hydrogens is 368 g/mol. The summed E-state index contributed by atoms with van der Waals surface area (Å²) in [5.74, 6) is 0.230. The number of hydrogen-bond donors (Lipinski definition) is 0. The third-order valence-corrected chi connectivity index (χ3v) is 4.46. The summed E-state index contributed by atoms with van der Waals surface area (Å²) in [6.45, 7) is 5.27. The van der Waals surface area contributed by atoms with E-state index in [1.54, 1.807) is 6.92 Å². The number of fused-ring (bicyclic) bond motifs is 1. The molecule has 152 valence electrons. The van der Waals surface area contributed by atoms with Crippen LogP contribution in [0.4, 0.5) is 0 Å². The minimum Gasteiger partial charge on any atom is -0.482 e. The number of ether oxygens (including phenoxy) is 2. The molecule has 0 fully saturated rings. The number of oxime groups is 1. The molecular formula is C23H26N2O4. The Kier molecular flexibility index (Phi) is 7.28. The predicted octanol–water partition coefficient (Wildman–Crippen LogP) is 4.41. The van der Waals surface area contributed by atoms with Gasteiger partial charge in [0.15, 0.2) is 6.61 Å². The van der Waals surface area contributed by atoms with Crippen molar-refractivity contribution in [3.05, 3.63) is 66.4 Å². The number of hydrogen-bond acceptors (Lipinski definition) is 5. The summed E-state index contributed by atoms with van der Waals surface area (Å²) >= 11 is 0.